The van der Waals surface area contributed by atoms with Crippen LogP contribution in [0.2, 0.25) is 0 Å². The highest BCUT2D eigenvalue weighted by molar-refractivity contribution is 14.0. The van der Waals surface area contributed by atoms with Crippen LogP contribution in [0.4, 0.5) is 4.39 Å². The second-order valence-electron chi connectivity index (χ2n) is 7.96. The first kappa shape index (κ1) is 27.2. The fraction of sp³-hybridized carbons (Fsp3) is 0.480. The largest absolute Gasteiger partial charge is 0.493 e. The molecule has 1 aliphatic heterocycles. The van der Waals surface area contributed by atoms with E-state index in [9.17, 15) is 4.39 Å². The number of methoxy groups -OCH3 is 2. The van der Waals surface area contributed by atoms with Crippen LogP contribution in [0, 0.1) is 5.82 Å². The topological polar surface area (TPSA) is 64.1 Å². The van der Waals surface area contributed by atoms with Crippen molar-refractivity contribution in [2.75, 3.05) is 47.1 Å². The number of guanidine groups is 1. The van der Waals surface area contributed by atoms with Gasteiger partial charge < -0.3 is 24.8 Å². The second kappa shape index (κ2) is 13.6. The van der Waals surface area contributed by atoms with Crippen LogP contribution < -0.4 is 20.1 Å². The second-order valence-corrected chi connectivity index (χ2v) is 7.96. The maximum Gasteiger partial charge on any atom is 0.191 e. The van der Waals surface area contributed by atoms with E-state index in [1.165, 1.54) is 6.07 Å². The highest BCUT2D eigenvalue weighted by atomic mass is 127. The van der Waals surface area contributed by atoms with Crippen LogP contribution in [0.1, 0.15) is 30.9 Å². The molecule has 1 heterocycles. The van der Waals surface area contributed by atoms with Crippen molar-refractivity contribution in [1.82, 2.24) is 10.6 Å². The predicted molar refractivity (Wildman–Crippen MR) is 141 cm³/mol. The van der Waals surface area contributed by atoms with Crippen LogP contribution in [0.25, 0.3) is 0 Å². The average molecular weight is 571 g/mol. The molecule has 0 unspecified atom stereocenters. The summed E-state index contributed by atoms with van der Waals surface area (Å²) in [6.07, 6.45) is 2.46. The number of halogens is 2. The molecule has 0 aromatic heterocycles. The monoisotopic (exact) mass is 571 g/mol. The summed E-state index contributed by atoms with van der Waals surface area (Å²) in [5.41, 5.74) is 1.92. The summed E-state index contributed by atoms with van der Waals surface area (Å²) in [5, 5.41) is 6.73. The first-order valence-corrected chi connectivity index (χ1v) is 11.2. The number of nitrogens with one attached hydrogen (secondary N) is 2. The van der Waals surface area contributed by atoms with E-state index in [1.54, 1.807) is 26.4 Å². The molecule has 2 aromatic carbocycles. The van der Waals surface area contributed by atoms with E-state index in [4.69, 9.17) is 19.2 Å². The summed E-state index contributed by atoms with van der Waals surface area (Å²) in [5.74, 6) is 1.99. The molecule has 182 valence electrons. The van der Waals surface area contributed by atoms with Crippen molar-refractivity contribution in [3.8, 4) is 11.5 Å². The molecule has 0 spiro atoms. The van der Waals surface area contributed by atoms with E-state index in [0.717, 1.165) is 60.9 Å². The van der Waals surface area contributed by atoms with Crippen molar-refractivity contribution in [2.45, 2.75) is 31.6 Å². The van der Waals surface area contributed by atoms with E-state index >= 15 is 0 Å². The van der Waals surface area contributed by atoms with Crippen LogP contribution in [0.3, 0.4) is 0 Å². The van der Waals surface area contributed by atoms with Crippen molar-refractivity contribution >= 4 is 29.9 Å². The summed E-state index contributed by atoms with van der Waals surface area (Å²) in [4.78, 5) is 4.88. The minimum atomic E-state index is -0.216. The third kappa shape index (κ3) is 7.46. The lowest BCUT2D eigenvalue weighted by Gasteiger charge is -2.36. The Labute approximate surface area is 213 Å². The van der Waals surface area contributed by atoms with Crippen molar-refractivity contribution in [2.24, 2.45) is 4.99 Å². The number of nitrogens with zero attached hydrogens (tertiary/aromatic N) is 1. The lowest BCUT2D eigenvalue weighted by molar-refractivity contribution is 0.0530. The molecule has 2 aromatic rings. The van der Waals surface area contributed by atoms with Crippen molar-refractivity contribution < 1.29 is 18.6 Å². The zero-order valence-electron chi connectivity index (χ0n) is 19.7. The molecule has 33 heavy (non-hydrogen) atoms. The number of aliphatic imine (C=N–C) groups is 1. The van der Waals surface area contributed by atoms with Crippen LogP contribution in [-0.4, -0.2) is 53.0 Å². The average Bonchev–Trinajstić information content (AvgIpc) is 2.83. The molecule has 6 nitrogen and oxygen atoms in total. The van der Waals surface area contributed by atoms with E-state index in [1.807, 2.05) is 31.2 Å². The molecule has 0 amide bonds. The Morgan fingerprint density at radius 2 is 1.82 bits per heavy atom. The van der Waals surface area contributed by atoms with Gasteiger partial charge >= 0.3 is 0 Å². The lowest BCUT2D eigenvalue weighted by Crippen LogP contribution is -2.41. The molecule has 3 rings (SSSR count). The molecule has 1 aliphatic rings. The van der Waals surface area contributed by atoms with Gasteiger partial charge in [-0.15, -0.1) is 24.0 Å². The number of rotatable bonds is 9. The van der Waals surface area contributed by atoms with Gasteiger partial charge in [0, 0.05) is 31.7 Å². The van der Waals surface area contributed by atoms with E-state index in [2.05, 4.69) is 10.6 Å². The molecule has 1 fully saturated rings. The van der Waals surface area contributed by atoms with Gasteiger partial charge in [-0.3, -0.25) is 4.99 Å². The summed E-state index contributed by atoms with van der Waals surface area (Å²) in [6, 6.07) is 12.8. The van der Waals surface area contributed by atoms with Crippen LogP contribution in [0.15, 0.2) is 47.5 Å². The quantitative estimate of drug-likeness (QED) is 0.267. The van der Waals surface area contributed by atoms with Gasteiger partial charge in [-0.2, -0.15) is 0 Å². The number of hydrogen-bond donors (Lipinski definition) is 2. The third-order valence-electron chi connectivity index (χ3n) is 5.93. The van der Waals surface area contributed by atoms with Crippen molar-refractivity contribution in [3.05, 3.63) is 59.4 Å². The van der Waals surface area contributed by atoms with E-state index in [0.29, 0.717) is 19.8 Å². The normalized spacial score (nSPS) is 15.3. The van der Waals surface area contributed by atoms with Crippen LogP contribution in [-0.2, 0) is 16.6 Å². The smallest absolute Gasteiger partial charge is 0.191 e. The van der Waals surface area contributed by atoms with E-state index in [-0.39, 0.29) is 35.2 Å². The van der Waals surface area contributed by atoms with Gasteiger partial charge in [0.25, 0.3) is 0 Å². The Morgan fingerprint density at radius 1 is 1.06 bits per heavy atom. The van der Waals surface area contributed by atoms with Gasteiger partial charge in [-0.25, -0.2) is 4.39 Å². The molecule has 0 bridgehead atoms. The van der Waals surface area contributed by atoms with Gasteiger partial charge in [0.2, 0.25) is 0 Å². The maximum absolute atomic E-state index is 13.9. The summed E-state index contributed by atoms with van der Waals surface area (Å²) >= 11 is 0. The minimum absolute atomic E-state index is 0. The summed E-state index contributed by atoms with van der Waals surface area (Å²) in [7, 11) is 3.27. The molecular formula is C25H35FIN3O3. The molecule has 1 saturated heterocycles. The molecule has 8 heteroatoms. The highest BCUT2D eigenvalue weighted by Gasteiger charge is 2.34. The summed E-state index contributed by atoms with van der Waals surface area (Å²) < 4.78 is 30.2. The maximum atomic E-state index is 13.9. The Balaban J connectivity index is 0.00000385. The number of ether oxygens (including phenoxy) is 3. The molecule has 0 atom stereocenters. The molecular weight excluding hydrogens is 536 g/mol. The van der Waals surface area contributed by atoms with Gasteiger partial charge in [-0.05, 0) is 61.6 Å². The molecule has 0 aliphatic carbocycles. The SMILES string of the molecule is CCNC(=NCC1(c2cccc(F)c2)CCOCC1)NCCc1ccc(OC)c(OC)c1.I. The lowest BCUT2D eigenvalue weighted by atomic mass is 9.74. The predicted octanol–water partition coefficient (Wildman–Crippen LogP) is 4.31. The van der Waals surface area contributed by atoms with Gasteiger partial charge in [0.15, 0.2) is 17.5 Å². The zero-order chi connectivity index (χ0) is 22.8. The molecule has 0 saturated carbocycles. The fourth-order valence-corrected chi connectivity index (χ4v) is 4.05. The number of benzene rings is 2. The fourth-order valence-electron chi connectivity index (χ4n) is 4.05. The van der Waals surface area contributed by atoms with Crippen molar-refractivity contribution in [1.29, 1.82) is 0 Å². The van der Waals surface area contributed by atoms with Gasteiger partial charge in [0.05, 0.1) is 20.8 Å². The highest BCUT2D eigenvalue weighted by Crippen LogP contribution is 2.35. The Hall–Kier alpha value is -2.07. The standard InChI is InChI=1S/C25H34FN3O3.HI/c1-4-27-24(28-13-10-19-8-9-22(30-2)23(16-19)31-3)29-18-25(11-14-32-15-12-25)20-6-5-7-21(26)17-20;/h5-9,16-17H,4,10-15,18H2,1-3H3,(H2,27,28,29);1H. The van der Waals surface area contributed by atoms with Gasteiger partial charge in [-0.1, -0.05) is 18.2 Å². The first-order chi connectivity index (χ1) is 15.6. The molecule has 0 radical (unpaired) electrons. The first-order valence-electron chi connectivity index (χ1n) is 11.2. The summed E-state index contributed by atoms with van der Waals surface area (Å²) in [6.45, 7) is 5.42. The zero-order valence-corrected chi connectivity index (χ0v) is 22.0. The third-order valence-corrected chi connectivity index (χ3v) is 5.93. The Morgan fingerprint density at radius 3 is 2.48 bits per heavy atom. The number of hydrogen-bond acceptors (Lipinski definition) is 4. The van der Waals surface area contributed by atoms with Crippen LogP contribution in [0.5, 0.6) is 11.5 Å². The minimum Gasteiger partial charge on any atom is -0.493 e. The van der Waals surface area contributed by atoms with Gasteiger partial charge in [0.1, 0.15) is 5.82 Å². The Kier molecular flexibility index (Phi) is 11.2. The van der Waals surface area contributed by atoms with E-state index < -0.39 is 0 Å². The van der Waals surface area contributed by atoms with Crippen LogP contribution >= 0.6 is 24.0 Å². The van der Waals surface area contributed by atoms with Crippen molar-refractivity contribution in [3.63, 3.8) is 0 Å². The molecule has 2 N–H and O–H groups in total. The Bertz CT molecular complexity index is 904.